The van der Waals surface area contributed by atoms with Gasteiger partial charge in [0.1, 0.15) is 17.9 Å². The second-order valence-corrected chi connectivity index (χ2v) is 6.11. The highest BCUT2D eigenvalue weighted by Gasteiger charge is 2.27. The Bertz CT molecular complexity index is 1140. The molecule has 0 spiro atoms. The smallest absolute Gasteiger partial charge is 0.405 e. The highest BCUT2D eigenvalue weighted by molar-refractivity contribution is 6.03. The molecule has 152 valence electrons. The molecule has 11 heteroatoms. The second kappa shape index (κ2) is 7.41. The first kappa shape index (κ1) is 20.1. The van der Waals surface area contributed by atoms with Gasteiger partial charge in [-0.3, -0.25) is 14.3 Å². The van der Waals surface area contributed by atoms with Crippen LogP contribution >= 0.6 is 0 Å². The number of rotatable bonds is 4. The Morgan fingerprint density at radius 2 is 2.00 bits per heavy atom. The lowest BCUT2D eigenvalue weighted by molar-refractivity contribution is -0.115. The van der Waals surface area contributed by atoms with Crippen molar-refractivity contribution in [1.29, 1.82) is 0 Å². The van der Waals surface area contributed by atoms with Gasteiger partial charge < -0.3 is 15.8 Å². The van der Waals surface area contributed by atoms with Crippen molar-refractivity contribution in [3.63, 3.8) is 0 Å². The molecule has 3 aromatic rings. The molecule has 0 fully saturated rings. The van der Waals surface area contributed by atoms with Gasteiger partial charge in [-0.1, -0.05) is 0 Å². The van der Waals surface area contributed by atoms with E-state index >= 15 is 0 Å². The number of carbonyl (C=O) groups excluding carboxylic acids is 1. The fourth-order valence-electron chi connectivity index (χ4n) is 2.71. The van der Waals surface area contributed by atoms with E-state index in [4.69, 9.17) is 5.73 Å². The van der Waals surface area contributed by atoms with Crippen LogP contribution in [0.15, 0.2) is 35.3 Å². The molecule has 0 bridgehead atoms. The van der Waals surface area contributed by atoms with Gasteiger partial charge in [0.15, 0.2) is 5.65 Å². The lowest BCUT2D eigenvalue weighted by Gasteiger charge is -2.16. The number of fused-ring (bicyclic) bond motifs is 1. The van der Waals surface area contributed by atoms with Crippen molar-refractivity contribution in [2.45, 2.75) is 13.1 Å². The largest absolute Gasteiger partial charge is 0.465 e. The number of hydrogen-bond donors (Lipinski definition) is 2. The van der Waals surface area contributed by atoms with Gasteiger partial charge in [0.25, 0.3) is 5.56 Å². The molecule has 0 unspecified atom stereocenters. The molecule has 3 N–H and O–H groups in total. The molecule has 0 amide bonds. The van der Waals surface area contributed by atoms with Crippen LogP contribution < -0.4 is 16.6 Å². The summed E-state index contributed by atoms with van der Waals surface area (Å²) in [5, 5.41) is 2.35. The minimum atomic E-state index is -4.45. The first-order valence-corrected chi connectivity index (χ1v) is 8.29. The standard InChI is InChI=1S/C18H16F3N5O3/c1-9-3-4-10(7-23-9)26-15-11(14(22)13(16(26)27)17(28)29-2)5-6-12(25-15)24-8-18(19,20)21/h3-7H,8,22H2,1-2H3,(H,24,25). The van der Waals surface area contributed by atoms with Gasteiger partial charge in [-0.25, -0.2) is 9.78 Å². The molecule has 0 aliphatic carbocycles. The molecule has 3 rings (SSSR count). The Morgan fingerprint density at radius 3 is 2.59 bits per heavy atom. The third kappa shape index (κ3) is 3.98. The number of ether oxygens (including phenoxy) is 1. The first-order valence-electron chi connectivity index (χ1n) is 8.29. The van der Waals surface area contributed by atoms with Crippen molar-refractivity contribution >= 4 is 28.5 Å². The SMILES string of the molecule is COC(=O)c1c(N)c2ccc(NCC(F)(F)F)nc2n(-c2ccc(C)nc2)c1=O. The summed E-state index contributed by atoms with van der Waals surface area (Å²) < 4.78 is 43.3. The summed E-state index contributed by atoms with van der Waals surface area (Å²) in [6, 6.07) is 5.85. The summed E-state index contributed by atoms with van der Waals surface area (Å²) >= 11 is 0. The zero-order valence-electron chi connectivity index (χ0n) is 15.4. The van der Waals surface area contributed by atoms with Gasteiger partial charge in [-0.2, -0.15) is 13.2 Å². The molecule has 0 radical (unpaired) electrons. The van der Waals surface area contributed by atoms with Crippen LogP contribution in [0.3, 0.4) is 0 Å². The molecule has 0 saturated heterocycles. The number of halogens is 3. The van der Waals surface area contributed by atoms with E-state index in [1.807, 2.05) is 0 Å². The number of anilines is 2. The number of hydrogen-bond acceptors (Lipinski definition) is 7. The van der Waals surface area contributed by atoms with Gasteiger partial charge >= 0.3 is 12.1 Å². The maximum atomic E-state index is 13.0. The van der Waals surface area contributed by atoms with Crippen molar-refractivity contribution < 1.29 is 22.7 Å². The van der Waals surface area contributed by atoms with Crippen LogP contribution in [0, 0.1) is 6.92 Å². The lowest BCUT2D eigenvalue weighted by atomic mass is 10.1. The molecule has 0 aromatic carbocycles. The van der Waals surface area contributed by atoms with Crippen LogP contribution in [0.1, 0.15) is 16.1 Å². The van der Waals surface area contributed by atoms with E-state index in [0.717, 1.165) is 11.7 Å². The van der Waals surface area contributed by atoms with E-state index in [0.29, 0.717) is 5.69 Å². The van der Waals surface area contributed by atoms with Gasteiger partial charge in [-0.15, -0.1) is 0 Å². The Labute approximate surface area is 162 Å². The fourth-order valence-corrected chi connectivity index (χ4v) is 2.71. The summed E-state index contributed by atoms with van der Waals surface area (Å²) in [6.07, 6.45) is -3.07. The maximum Gasteiger partial charge on any atom is 0.405 e. The molecule has 29 heavy (non-hydrogen) atoms. The predicted octanol–water partition coefficient (Wildman–Crippen LogP) is 2.43. The highest BCUT2D eigenvalue weighted by Crippen LogP contribution is 2.26. The molecule has 0 saturated carbocycles. The van der Waals surface area contributed by atoms with Crippen LogP contribution in [0.25, 0.3) is 16.7 Å². The number of aryl methyl sites for hydroxylation is 1. The predicted molar refractivity (Wildman–Crippen MR) is 100 cm³/mol. The van der Waals surface area contributed by atoms with Gasteiger partial charge in [-0.05, 0) is 31.2 Å². The average Bonchev–Trinajstić information content (AvgIpc) is 2.67. The van der Waals surface area contributed by atoms with Crippen LogP contribution in [0.2, 0.25) is 0 Å². The lowest BCUT2D eigenvalue weighted by Crippen LogP contribution is -2.29. The number of esters is 1. The third-order valence-electron chi connectivity index (χ3n) is 4.08. The second-order valence-electron chi connectivity index (χ2n) is 6.11. The van der Waals surface area contributed by atoms with Gasteiger partial charge in [0.2, 0.25) is 0 Å². The number of alkyl halides is 3. The minimum Gasteiger partial charge on any atom is -0.465 e. The molecule has 3 aromatic heterocycles. The first-order chi connectivity index (χ1) is 13.6. The number of pyridine rings is 3. The Kier molecular flexibility index (Phi) is 5.14. The summed E-state index contributed by atoms with van der Waals surface area (Å²) in [4.78, 5) is 33.4. The molecule has 0 aliphatic rings. The number of methoxy groups -OCH3 is 1. The van der Waals surface area contributed by atoms with Crippen molar-refractivity contribution in [2.75, 3.05) is 24.7 Å². The van der Waals surface area contributed by atoms with Crippen LogP contribution in [-0.4, -0.2) is 40.3 Å². The van der Waals surface area contributed by atoms with Crippen LogP contribution in [-0.2, 0) is 4.74 Å². The summed E-state index contributed by atoms with van der Waals surface area (Å²) in [5.41, 5.74) is 5.49. The highest BCUT2D eigenvalue weighted by atomic mass is 19.4. The Balaban J connectivity index is 2.31. The van der Waals surface area contributed by atoms with E-state index in [2.05, 4.69) is 20.0 Å². The Hall–Kier alpha value is -3.63. The van der Waals surface area contributed by atoms with Gasteiger partial charge in [0.05, 0.1) is 24.7 Å². The number of nitrogen functional groups attached to an aromatic ring is 1. The number of nitrogens with two attached hydrogens (primary N) is 1. The molecular formula is C18H16F3N5O3. The van der Waals surface area contributed by atoms with E-state index in [9.17, 15) is 22.8 Å². The summed E-state index contributed by atoms with van der Waals surface area (Å²) in [6.45, 7) is 0.433. The number of nitrogens with zero attached hydrogens (tertiary/aromatic N) is 3. The minimum absolute atomic E-state index is 0.0296. The van der Waals surface area contributed by atoms with Crippen molar-refractivity contribution in [1.82, 2.24) is 14.5 Å². The number of carbonyl (C=O) groups is 1. The van der Waals surface area contributed by atoms with Crippen molar-refractivity contribution in [2.24, 2.45) is 0 Å². The molecular weight excluding hydrogens is 391 g/mol. The summed E-state index contributed by atoms with van der Waals surface area (Å²) in [7, 11) is 1.10. The van der Waals surface area contributed by atoms with Crippen LogP contribution in [0.4, 0.5) is 24.7 Å². The average molecular weight is 407 g/mol. The number of nitrogens with one attached hydrogen (secondary N) is 1. The zero-order valence-corrected chi connectivity index (χ0v) is 15.4. The molecule has 0 atom stereocenters. The van der Waals surface area contributed by atoms with E-state index in [1.165, 1.54) is 18.3 Å². The van der Waals surface area contributed by atoms with E-state index in [1.54, 1.807) is 19.1 Å². The van der Waals surface area contributed by atoms with Crippen LogP contribution in [0.5, 0.6) is 0 Å². The normalized spacial score (nSPS) is 11.5. The van der Waals surface area contributed by atoms with Crippen molar-refractivity contribution in [3.8, 4) is 5.69 Å². The zero-order chi connectivity index (χ0) is 21.3. The monoisotopic (exact) mass is 407 g/mol. The Morgan fingerprint density at radius 1 is 1.28 bits per heavy atom. The molecule has 8 nitrogen and oxygen atoms in total. The topological polar surface area (TPSA) is 112 Å². The third-order valence-corrected chi connectivity index (χ3v) is 4.08. The van der Waals surface area contributed by atoms with E-state index in [-0.39, 0.29) is 28.2 Å². The quantitative estimate of drug-likeness (QED) is 0.639. The van der Waals surface area contributed by atoms with Gasteiger partial charge in [0, 0.05) is 11.1 Å². The van der Waals surface area contributed by atoms with Crippen molar-refractivity contribution in [3.05, 3.63) is 52.1 Å². The fraction of sp³-hybridized carbons (Fsp3) is 0.222. The van der Waals surface area contributed by atoms with E-state index < -0.39 is 29.8 Å². The maximum absolute atomic E-state index is 13.0. The summed E-state index contributed by atoms with van der Waals surface area (Å²) in [5.74, 6) is -1.06. The number of aromatic nitrogens is 3. The molecule has 0 aliphatic heterocycles. The molecule has 3 heterocycles.